The number of ether oxygens (including phenoxy) is 3. The second kappa shape index (κ2) is 8.55. The molecule has 0 aromatic carbocycles. The zero-order valence-corrected chi connectivity index (χ0v) is 8.87. The van der Waals surface area contributed by atoms with Crippen molar-refractivity contribution in [2.24, 2.45) is 0 Å². The lowest BCUT2D eigenvalue weighted by molar-refractivity contribution is -0.280. The smallest absolute Gasteiger partial charge is 0.377 e. The maximum absolute atomic E-state index is 11.8. The molecule has 0 aliphatic rings. The Labute approximate surface area is 87.5 Å². The Morgan fingerprint density at radius 3 is 1.93 bits per heavy atom. The molecule has 0 amide bonds. The van der Waals surface area contributed by atoms with Crippen LogP contribution in [0.5, 0.6) is 0 Å². The molecular weight excluding hydrogens is 210 g/mol. The Hall–Kier alpha value is -0.750. The maximum Gasteiger partial charge on any atom is 0.377 e. The van der Waals surface area contributed by atoms with Crippen LogP contribution in [0.25, 0.3) is 0 Å². The van der Waals surface area contributed by atoms with Crippen LogP contribution < -0.4 is 0 Å². The molecule has 0 heterocycles. The summed E-state index contributed by atoms with van der Waals surface area (Å²) < 4.78 is 37.8. The largest absolute Gasteiger partial charge is 0.406 e. The minimum atomic E-state index is -3.16. The van der Waals surface area contributed by atoms with Gasteiger partial charge in [-0.3, -0.25) is 0 Å². The lowest BCUT2D eigenvalue weighted by Crippen LogP contribution is -2.28. The van der Waals surface area contributed by atoms with Gasteiger partial charge in [-0.05, 0) is 12.8 Å². The molecule has 0 radical (unpaired) electrons. The van der Waals surface area contributed by atoms with Crippen LogP contribution in [0.3, 0.4) is 0 Å². The fraction of sp³-hybridized carbons (Fsp3) is 0.889. The van der Waals surface area contributed by atoms with Crippen LogP contribution in [0.15, 0.2) is 0 Å². The summed E-state index contributed by atoms with van der Waals surface area (Å²) in [6.45, 7) is 2.92. The highest BCUT2D eigenvalue weighted by Gasteiger charge is 2.22. The summed E-state index contributed by atoms with van der Waals surface area (Å²) in [5.74, 6) is -1.63. The standard InChI is InChI=1S/C9H16F2O4/c1-3-5-13-9(14-6-4-2)15-8(12)7(10)11/h7,9H,3-6H2,1-2H3. The molecular formula is C9H16F2O4. The van der Waals surface area contributed by atoms with Gasteiger partial charge in [0.15, 0.2) is 0 Å². The minimum Gasteiger partial charge on any atom is -0.406 e. The first-order chi connectivity index (χ1) is 7.11. The van der Waals surface area contributed by atoms with Crippen molar-refractivity contribution >= 4 is 5.97 Å². The van der Waals surface area contributed by atoms with Gasteiger partial charge in [0, 0.05) is 0 Å². The van der Waals surface area contributed by atoms with Crippen molar-refractivity contribution in [1.29, 1.82) is 0 Å². The molecule has 0 unspecified atom stereocenters. The van der Waals surface area contributed by atoms with Crippen molar-refractivity contribution in [3.8, 4) is 0 Å². The molecule has 0 spiro atoms. The Bertz CT molecular complexity index is 167. The molecule has 0 bridgehead atoms. The van der Waals surface area contributed by atoms with Gasteiger partial charge in [-0.2, -0.15) is 8.78 Å². The first-order valence-corrected chi connectivity index (χ1v) is 4.83. The number of hydrogen-bond acceptors (Lipinski definition) is 4. The van der Waals surface area contributed by atoms with Gasteiger partial charge >= 0.3 is 18.9 Å². The van der Waals surface area contributed by atoms with Crippen molar-refractivity contribution in [2.75, 3.05) is 13.2 Å². The molecule has 0 aliphatic carbocycles. The van der Waals surface area contributed by atoms with E-state index in [0.29, 0.717) is 12.8 Å². The average Bonchev–Trinajstić information content (AvgIpc) is 2.21. The molecule has 4 nitrogen and oxygen atoms in total. The topological polar surface area (TPSA) is 44.8 Å². The zero-order chi connectivity index (χ0) is 11.7. The number of hydrogen-bond donors (Lipinski definition) is 0. The summed E-state index contributed by atoms with van der Waals surface area (Å²) in [6.07, 6.45) is -1.81. The van der Waals surface area contributed by atoms with Gasteiger partial charge in [0.05, 0.1) is 13.2 Å². The number of halogens is 2. The summed E-state index contributed by atoms with van der Waals surface area (Å²) in [6, 6.07) is 0. The van der Waals surface area contributed by atoms with Gasteiger partial charge in [-0.25, -0.2) is 4.79 Å². The van der Waals surface area contributed by atoms with E-state index in [4.69, 9.17) is 9.47 Å². The normalized spacial score (nSPS) is 11.1. The highest BCUT2D eigenvalue weighted by molar-refractivity contribution is 5.72. The Balaban J connectivity index is 3.93. The second-order valence-electron chi connectivity index (χ2n) is 2.77. The van der Waals surface area contributed by atoms with Crippen LogP contribution in [0.4, 0.5) is 8.78 Å². The van der Waals surface area contributed by atoms with Crippen LogP contribution in [0.2, 0.25) is 0 Å². The predicted octanol–water partition coefficient (Wildman–Crippen LogP) is 1.93. The number of carbonyl (C=O) groups is 1. The summed E-state index contributed by atoms with van der Waals surface area (Å²) in [5.41, 5.74) is 0. The lowest BCUT2D eigenvalue weighted by atomic mass is 10.5. The minimum absolute atomic E-state index is 0.283. The molecule has 6 heteroatoms. The monoisotopic (exact) mass is 226 g/mol. The molecule has 0 aromatic heterocycles. The molecule has 0 N–H and O–H groups in total. The van der Waals surface area contributed by atoms with Crippen molar-refractivity contribution in [1.82, 2.24) is 0 Å². The van der Waals surface area contributed by atoms with Crippen molar-refractivity contribution < 1.29 is 27.8 Å². The lowest BCUT2D eigenvalue weighted by Gasteiger charge is -2.17. The summed E-state index contributed by atoms with van der Waals surface area (Å²) in [5, 5.41) is 0. The number of rotatable bonds is 8. The van der Waals surface area contributed by atoms with Gasteiger partial charge in [0.2, 0.25) is 0 Å². The fourth-order valence-electron chi connectivity index (χ4n) is 0.691. The molecule has 15 heavy (non-hydrogen) atoms. The average molecular weight is 226 g/mol. The van der Waals surface area contributed by atoms with E-state index >= 15 is 0 Å². The quantitative estimate of drug-likeness (QED) is 0.468. The van der Waals surface area contributed by atoms with E-state index in [1.54, 1.807) is 0 Å². The Morgan fingerprint density at radius 1 is 1.13 bits per heavy atom. The number of carbonyl (C=O) groups excluding carboxylic acids is 1. The van der Waals surface area contributed by atoms with Gasteiger partial charge in [-0.15, -0.1) is 0 Å². The van der Waals surface area contributed by atoms with E-state index < -0.39 is 18.9 Å². The number of esters is 1. The van der Waals surface area contributed by atoms with Crippen LogP contribution in [-0.2, 0) is 19.0 Å². The number of alkyl halides is 2. The van der Waals surface area contributed by atoms with E-state index in [0.717, 1.165) is 0 Å². The highest BCUT2D eigenvalue weighted by atomic mass is 19.3. The third-order valence-corrected chi connectivity index (χ3v) is 1.31. The molecule has 0 saturated heterocycles. The predicted molar refractivity (Wildman–Crippen MR) is 48.4 cm³/mol. The third-order valence-electron chi connectivity index (χ3n) is 1.31. The van der Waals surface area contributed by atoms with Gasteiger partial charge in [-0.1, -0.05) is 13.8 Å². The van der Waals surface area contributed by atoms with E-state index in [2.05, 4.69) is 4.74 Å². The van der Waals surface area contributed by atoms with Crippen LogP contribution in [0, 0.1) is 0 Å². The molecule has 0 aromatic rings. The van der Waals surface area contributed by atoms with Crippen molar-refractivity contribution in [3.05, 3.63) is 0 Å². The third kappa shape index (κ3) is 7.21. The summed E-state index contributed by atoms with van der Waals surface area (Å²) in [4.78, 5) is 10.5. The van der Waals surface area contributed by atoms with E-state index in [9.17, 15) is 13.6 Å². The van der Waals surface area contributed by atoms with Crippen LogP contribution in [-0.4, -0.2) is 32.1 Å². The van der Waals surface area contributed by atoms with Crippen molar-refractivity contribution in [2.45, 2.75) is 39.6 Å². The van der Waals surface area contributed by atoms with Gasteiger partial charge < -0.3 is 14.2 Å². The maximum atomic E-state index is 11.8. The summed E-state index contributed by atoms with van der Waals surface area (Å²) in [7, 11) is 0. The Morgan fingerprint density at radius 2 is 1.60 bits per heavy atom. The Kier molecular flexibility index (Phi) is 8.12. The molecule has 0 fully saturated rings. The first kappa shape index (κ1) is 14.2. The fourth-order valence-corrected chi connectivity index (χ4v) is 0.691. The molecule has 0 aliphatic heterocycles. The van der Waals surface area contributed by atoms with E-state index in [-0.39, 0.29) is 13.2 Å². The SMILES string of the molecule is CCCOC(OCCC)OC(=O)C(F)F. The van der Waals surface area contributed by atoms with Crippen molar-refractivity contribution in [3.63, 3.8) is 0 Å². The summed E-state index contributed by atoms with van der Waals surface area (Å²) >= 11 is 0. The zero-order valence-electron chi connectivity index (χ0n) is 8.87. The molecule has 0 rings (SSSR count). The molecule has 0 saturated carbocycles. The highest BCUT2D eigenvalue weighted by Crippen LogP contribution is 2.04. The van der Waals surface area contributed by atoms with E-state index in [1.807, 2.05) is 13.8 Å². The molecule has 0 atom stereocenters. The van der Waals surface area contributed by atoms with Crippen LogP contribution >= 0.6 is 0 Å². The molecule has 90 valence electrons. The first-order valence-electron chi connectivity index (χ1n) is 4.83. The van der Waals surface area contributed by atoms with Gasteiger partial charge in [0.1, 0.15) is 0 Å². The van der Waals surface area contributed by atoms with E-state index in [1.165, 1.54) is 0 Å². The van der Waals surface area contributed by atoms with Gasteiger partial charge in [0.25, 0.3) is 0 Å². The second-order valence-corrected chi connectivity index (χ2v) is 2.77. The van der Waals surface area contributed by atoms with Crippen LogP contribution in [0.1, 0.15) is 26.7 Å².